The van der Waals surface area contributed by atoms with Crippen molar-refractivity contribution in [2.45, 2.75) is 64.8 Å². The highest BCUT2D eigenvalue weighted by molar-refractivity contribution is 7.15. The van der Waals surface area contributed by atoms with Crippen molar-refractivity contribution in [2.24, 2.45) is 5.73 Å². The van der Waals surface area contributed by atoms with Gasteiger partial charge in [-0.25, -0.2) is 14.2 Å². The summed E-state index contributed by atoms with van der Waals surface area (Å²) >= 11 is 1.19. The van der Waals surface area contributed by atoms with E-state index in [1.807, 2.05) is 13.8 Å². The number of benzene rings is 1. The molecule has 0 saturated heterocycles. The molecule has 1 atom stereocenters. The van der Waals surface area contributed by atoms with Crippen molar-refractivity contribution in [3.8, 4) is 10.7 Å². The van der Waals surface area contributed by atoms with E-state index in [1.165, 1.54) is 18.4 Å². The average molecular weight is 539 g/mol. The maximum absolute atomic E-state index is 14.3. The molecule has 8 nitrogen and oxygen atoms in total. The Bertz CT molecular complexity index is 1380. The molecule has 3 aromatic rings. The molecule has 2 amide bonds. The number of nitrogens with zero attached hydrogens (tertiary/aromatic N) is 3. The molecule has 2 N–H and O–H groups in total. The fourth-order valence-electron chi connectivity index (χ4n) is 4.53. The predicted molar refractivity (Wildman–Crippen MR) is 133 cm³/mol. The summed E-state index contributed by atoms with van der Waals surface area (Å²) in [4.78, 5) is 32.0. The fraction of sp³-hybridized carbons (Fsp3) is 0.480. The van der Waals surface area contributed by atoms with Crippen LogP contribution in [0.25, 0.3) is 21.7 Å². The van der Waals surface area contributed by atoms with Crippen molar-refractivity contribution in [2.75, 3.05) is 13.7 Å². The van der Waals surface area contributed by atoms with E-state index in [4.69, 9.17) is 15.2 Å². The molecule has 1 aliphatic rings. The van der Waals surface area contributed by atoms with Gasteiger partial charge in [0.25, 0.3) is 5.91 Å². The largest absolute Gasteiger partial charge is 0.444 e. The molecule has 4 rings (SSSR count). The van der Waals surface area contributed by atoms with E-state index >= 15 is 0 Å². The first-order chi connectivity index (χ1) is 17.1. The Hall–Kier alpha value is -3.12. The van der Waals surface area contributed by atoms with E-state index < -0.39 is 41.6 Å². The Labute approximate surface area is 216 Å². The zero-order valence-electron chi connectivity index (χ0n) is 21.4. The standard InChI is InChI=1S/C25H29F3N4O4S/c1-24(2,3)36-23(34)31-8-7-12-9-16(37-18(12)19(31)25(4,5)35-6)21-30-17-14(20(29)33)10-13(26)11-15(17)32(21)22(27)28/h9-11,19,22H,7-8H2,1-6H3,(H2,29,33). The summed E-state index contributed by atoms with van der Waals surface area (Å²) in [6, 6.07) is 2.95. The second kappa shape index (κ2) is 9.32. The fourth-order valence-corrected chi connectivity index (χ4v) is 6.02. The van der Waals surface area contributed by atoms with Gasteiger partial charge in [0.05, 0.1) is 27.6 Å². The van der Waals surface area contributed by atoms with Gasteiger partial charge in [-0.05, 0) is 58.7 Å². The van der Waals surface area contributed by atoms with Gasteiger partial charge in [0, 0.05) is 24.6 Å². The molecule has 0 fully saturated rings. The Kier molecular flexibility index (Phi) is 6.78. The number of carbonyl (C=O) groups is 2. The maximum Gasteiger partial charge on any atom is 0.410 e. The van der Waals surface area contributed by atoms with Crippen molar-refractivity contribution in [1.29, 1.82) is 0 Å². The van der Waals surface area contributed by atoms with Crippen molar-refractivity contribution in [3.63, 3.8) is 0 Å². The summed E-state index contributed by atoms with van der Waals surface area (Å²) in [7, 11) is 1.53. The van der Waals surface area contributed by atoms with Gasteiger partial charge in [-0.3, -0.25) is 14.3 Å². The number of hydrogen-bond donors (Lipinski definition) is 1. The predicted octanol–water partition coefficient (Wildman–Crippen LogP) is 5.66. The number of primary amides is 1. The van der Waals surface area contributed by atoms with Crippen LogP contribution in [0.5, 0.6) is 0 Å². The van der Waals surface area contributed by atoms with Crippen LogP contribution in [0.1, 0.15) is 68.0 Å². The first-order valence-corrected chi connectivity index (χ1v) is 12.4. The number of carbonyl (C=O) groups excluding carboxylic acids is 2. The molecule has 200 valence electrons. The van der Waals surface area contributed by atoms with E-state index in [9.17, 15) is 22.8 Å². The molecule has 0 radical (unpaired) electrons. The average Bonchev–Trinajstić information content (AvgIpc) is 3.37. The molecule has 3 heterocycles. The summed E-state index contributed by atoms with van der Waals surface area (Å²) in [5, 5.41) is 0. The van der Waals surface area contributed by atoms with Crippen LogP contribution in [0, 0.1) is 5.82 Å². The van der Waals surface area contributed by atoms with Crippen LogP contribution >= 0.6 is 11.3 Å². The van der Waals surface area contributed by atoms with Crippen LogP contribution in [0.3, 0.4) is 0 Å². The number of nitrogens with two attached hydrogens (primary N) is 1. The quantitative estimate of drug-likeness (QED) is 0.452. The molecule has 1 aliphatic heterocycles. The van der Waals surface area contributed by atoms with Gasteiger partial charge in [0.15, 0.2) is 5.82 Å². The molecular formula is C25H29F3N4O4S. The molecule has 0 saturated carbocycles. The molecule has 1 aromatic carbocycles. The van der Waals surface area contributed by atoms with Gasteiger partial charge in [-0.2, -0.15) is 8.78 Å². The van der Waals surface area contributed by atoms with Crippen LogP contribution in [-0.2, 0) is 15.9 Å². The third-order valence-electron chi connectivity index (χ3n) is 6.28. The maximum atomic E-state index is 14.3. The van der Waals surface area contributed by atoms with Gasteiger partial charge in [-0.15, -0.1) is 11.3 Å². The number of hydrogen-bond acceptors (Lipinski definition) is 6. The van der Waals surface area contributed by atoms with E-state index in [-0.39, 0.29) is 22.4 Å². The molecule has 37 heavy (non-hydrogen) atoms. The highest BCUT2D eigenvalue weighted by Crippen LogP contribution is 2.47. The van der Waals surface area contributed by atoms with Gasteiger partial charge in [0.1, 0.15) is 16.9 Å². The first kappa shape index (κ1) is 26.9. The summed E-state index contributed by atoms with van der Waals surface area (Å²) < 4.78 is 54.7. The van der Waals surface area contributed by atoms with Crippen molar-refractivity contribution in [3.05, 3.63) is 40.0 Å². The van der Waals surface area contributed by atoms with E-state index in [1.54, 1.807) is 31.7 Å². The van der Waals surface area contributed by atoms with Crippen LogP contribution in [-0.4, -0.2) is 51.3 Å². The summed E-state index contributed by atoms with van der Waals surface area (Å²) in [5.41, 5.74) is 4.02. The monoisotopic (exact) mass is 538 g/mol. The van der Waals surface area contributed by atoms with E-state index in [0.29, 0.717) is 22.4 Å². The number of alkyl halides is 2. The summed E-state index contributed by atoms with van der Waals surface area (Å²) in [6.45, 7) is 6.26. The first-order valence-electron chi connectivity index (χ1n) is 11.6. The third kappa shape index (κ3) is 4.91. The second-order valence-corrected chi connectivity index (χ2v) is 11.5. The minimum Gasteiger partial charge on any atom is -0.444 e. The lowest BCUT2D eigenvalue weighted by molar-refractivity contribution is -0.0638. The summed E-state index contributed by atoms with van der Waals surface area (Å²) in [5.74, 6) is -1.99. The zero-order chi connectivity index (χ0) is 27.4. The SMILES string of the molecule is COC(C)(C)C1c2sc(-c3nc4c(C(N)=O)cc(F)cc4n3C(F)F)cc2CCN1C(=O)OC(C)(C)C. The number of amides is 2. The van der Waals surface area contributed by atoms with Gasteiger partial charge in [0.2, 0.25) is 0 Å². The molecule has 2 aromatic heterocycles. The van der Waals surface area contributed by atoms with Crippen LogP contribution in [0.15, 0.2) is 18.2 Å². The Morgan fingerprint density at radius 3 is 2.43 bits per heavy atom. The third-order valence-corrected chi connectivity index (χ3v) is 7.50. The highest BCUT2D eigenvalue weighted by atomic mass is 32.1. The minimum absolute atomic E-state index is 0.111. The number of thiophene rings is 1. The van der Waals surface area contributed by atoms with Gasteiger partial charge in [-0.1, -0.05) is 0 Å². The number of aromatic nitrogens is 2. The van der Waals surface area contributed by atoms with Crippen LogP contribution < -0.4 is 5.73 Å². The number of imidazole rings is 1. The van der Waals surface area contributed by atoms with Crippen molar-refractivity contribution < 1.29 is 32.2 Å². The van der Waals surface area contributed by atoms with Crippen LogP contribution in [0.2, 0.25) is 0 Å². The van der Waals surface area contributed by atoms with Crippen molar-refractivity contribution >= 4 is 34.4 Å². The Morgan fingerprint density at radius 1 is 1.19 bits per heavy atom. The highest BCUT2D eigenvalue weighted by Gasteiger charge is 2.44. The Balaban J connectivity index is 1.89. The molecule has 0 aliphatic carbocycles. The van der Waals surface area contributed by atoms with Gasteiger partial charge < -0.3 is 15.2 Å². The lowest BCUT2D eigenvalue weighted by Crippen LogP contribution is -2.50. The zero-order valence-corrected chi connectivity index (χ0v) is 22.2. The number of ether oxygens (including phenoxy) is 2. The molecule has 12 heteroatoms. The normalized spacial score (nSPS) is 16.4. The number of halogens is 3. The number of methoxy groups -OCH3 is 1. The van der Waals surface area contributed by atoms with E-state index in [2.05, 4.69) is 4.98 Å². The van der Waals surface area contributed by atoms with Gasteiger partial charge >= 0.3 is 12.6 Å². The molecular weight excluding hydrogens is 509 g/mol. The molecule has 0 spiro atoms. The smallest absolute Gasteiger partial charge is 0.410 e. The number of fused-ring (bicyclic) bond motifs is 2. The lowest BCUT2D eigenvalue weighted by atomic mass is 9.89. The number of rotatable bonds is 5. The minimum atomic E-state index is -3.06. The topological polar surface area (TPSA) is 99.7 Å². The Morgan fingerprint density at radius 2 is 1.86 bits per heavy atom. The molecule has 1 unspecified atom stereocenters. The molecule has 0 bridgehead atoms. The van der Waals surface area contributed by atoms with Crippen LogP contribution in [0.4, 0.5) is 18.0 Å². The lowest BCUT2D eigenvalue weighted by Gasteiger charge is -2.43. The van der Waals surface area contributed by atoms with Crippen molar-refractivity contribution in [1.82, 2.24) is 14.5 Å². The summed E-state index contributed by atoms with van der Waals surface area (Å²) in [6.07, 6.45) is -0.0538. The van der Waals surface area contributed by atoms with E-state index in [0.717, 1.165) is 22.6 Å². The second-order valence-electron chi connectivity index (χ2n) is 10.4.